The van der Waals surface area contributed by atoms with E-state index in [4.69, 9.17) is 0 Å². The van der Waals surface area contributed by atoms with E-state index in [9.17, 15) is 0 Å². The summed E-state index contributed by atoms with van der Waals surface area (Å²) in [5.41, 5.74) is 4.11. The molecule has 0 aliphatic rings. The van der Waals surface area contributed by atoms with Crippen LogP contribution in [0.1, 0.15) is 70.4 Å². The fourth-order valence-electron chi connectivity index (χ4n) is 6.39. The first-order valence-electron chi connectivity index (χ1n) is 14.5. The van der Waals surface area contributed by atoms with Gasteiger partial charge in [-0.3, -0.25) is 0 Å². The molecule has 0 fully saturated rings. The van der Waals surface area contributed by atoms with Gasteiger partial charge in [-0.2, -0.15) is 0 Å². The van der Waals surface area contributed by atoms with Gasteiger partial charge in [-0.1, -0.05) is 82.6 Å². The van der Waals surface area contributed by atoms with Gasteiger partial charge in [0.05, 0.1) is 0 Å². The highest BCUT2D eigenvalue weighted by Crippen LogP contribution is 2.36. The average molecular weight is 489 g/mol. The summed E-state index contributed by atoms with van der Waals surface area (Å²) >= 11 is 0. The van der Waals surface area contributed by atoms with E-state index in [2.05, 4.69) is 97.0 Å². The van der Waals surface area contributed by atoms with E-state index in [0.717, 1.165) is 0 Å². The first-order valence-corrected chi connectivity index (χ1v) is 14.5. The fraction of sp³-hybridized carbons (Fsp3) is 0.371. The summed E-state index contributed by atoms with van der Waals surface area (Å²) in [6.07, 6.45) is 15.8. The van der Waals surface area contributed by atoms with E-state index in [1.807, 2.05) is 0 Å². The molecule has 2 nitrogen and oxygen atoms in total. The van der Waals surface area contributed by atoms with Gasteiger partial charge in [0.2, 0.25) is 0 Å². The topological polar surface area (TPSA) is 9.86 Å². The van der Waals surface area contributed by atoms with Crippen molar-refractivity contribution in [1.29, 1.82) is 0 Å². The lowest BCUT2D eigenvalue weighted by atomic mass is 9.95. The van der Waals surface area contributed by atoms with Crippen molar-refractivity contribution in [1.82, 2.24) is 9.13 Å². The number of aromatic nitrogens is 2. The zero-order valence-corrected chi connectivity index (χ0v) is 22.8. The van der Waals surface area contributed by atoms with Crippen LogP contribution in [0.5, 0.6) is 0 Å². The lowest BCUT2D eigenvalue weighted by Gasteiger charge is -2.10. The molecule has 0 saturated carbocycles. The van der Waals surface area contributed by atoms with Crippen molar-refractivity contribution >= 4 is 54.1 Å². The largest absolute Gasteiger partial charge is 0.351 e. The molecule has 6 rings (SSSR count). The lowest BCUT2D eigenvalue weighted by Crippen LogP contribution is -1.96. The van der Waals surface area contributed by atoms with Crippen molar-refractivity contribution in [2.75, 3.05) is 0 Å². The number of fused-ring (bicyclic) bond motifs is 7. The molecule has 0 bridgehead atoms. The van der Waals surface area contributed by atoms with Crippen LogP contribution in [0.15, 0.2) is 66.9 Å². The van der Waals surface area contributed by atoms with Gasteiger partial charge in [0, 0.05) is 47.8 Å². The monoisotopic (exact) mass is 488 g/mol. The number of unbranched alkanes of at least 4 members (excludes halogenated alkanes) is 8. The van der Waals surface area contributed by atoms with Crippen LogP contribution >= 0.6 is 0 Å². The van der Waals surface area contributed by atoms with Crippen molar-refractivity contribution in [3.05, 3.63) is 72.6 Å². The maximum atomic E-state index is 2.44. The quantitative estimate of drug-likeness (QED) is 0.134. The fourth-order valence-corrected chi connectivity index (χ4v) is 6.39. The van der Waals surface area contributed by atoms with Crippen LogP contribution in [-0.4, -0.2) is 9.13 Å². The van der Waals surface area contributed by atoms with Gasteiger partial charge < -0.3 is 9.13 Å². The molecule has 0 aliphatic carbocycles. The summed E-state index contributed by atoms with van der Waals surface area (Å²) < 4.78 is 4.63. The van der Waals surface area contributed by atoms with Crippen LogP contribution in [0, 0.1) is 0 Å². The van der Waals surface area contributed by atoms with Gasteiger partial charge in [-0.05, 0) is 81.6 Å². The zero-order valence-electron chi connectivity index (χ0n) is 22.8. The van der Waals surface area contributed by atoms with Crippen molar-refractivity contribution in [3.63, 3.8) is 0 Å². The van der Waals surface area contributed by atoms with Crippen LogP contribution in [0.4, 0.5) is 0 Å². The number of rotatable bonds is 10. The predicted octanol–water partition coefficient (Wildman–Crippen LogP) is 10.2. The van der Waals surface area contributed by atoms with E-state index in [1.54, 1.807) is 0 Å². The highest BCUT2D eigenvalue weighted by molar-refractivity contribution is 6.20. The molecule has 2 heterocycles. The number of nitrogens with zero attached hydrogens (tertiary/aromatic N) is 2. The van der Waals surface area contributed by atoms with Gasteiger partial charge in [0.1, 0.15) is 0 Å². The Labute approximate surface area is 220 Å². The maximum absolute atomic E-state index is 2.44. The second-order valence-electron chi connectivity index (χ2n) is 11.2. The second kappa shape index (κ2) is 10.2. The van der Waals surface area contributed by atoms with Crippen molar-refractivity contribution in [2.45, 2.75) is 71.1 Å². The van der Waals surface area contributed by atoms with Crippen LogP contribution in [0.3, 0.4) is 0 Å². The summed E-state index contributed by atoms with van der Waals surface area (Å²) in [5.74, 6) is 0. The molecule has 4 aromatic carbocycles. The summed E-state index contributed by atoms with van der Waals surface area (Å²) in [6, 6.07) is 23.4. The van der Waals surface area contributed by atoms with Crippen molar-refractivity contribution < 1.29 is 0 Å². The van der Waals surface area contributed by atoms with E-state index in [1.165, 1.54) is 124 Å². The van der Waals surface area contributed by atoms with Gasteiger partial charge >= 0.3 is 0 Å². The Morgan fingerprint density at radius 2 is 1.11 bits per heavy atom. The Morgan fingerprint density at radius 3 is 1.78 bits per heavy atom. The van der Waals surface area contributed by atoms with Crippen LogP contribution in [0.25, 0.3) is 54.1 Å². The van der Waals surface area contributed by atoms with Gasteiger partial charge in [-0.15, -0.1) is 0 Å². The molecular formula is C35H40N2. The molecule has 0 atom stereocenters. The van der Waals surface area contributed by atoms with Crippen LogP contribution in [-0.2, 0) is 20.5 Å². The number of hydrogen-bond donors (Lipinski definition) is 0. The Bertz CT molecular complexity index is 1710. The third kappa shape index (κ3) is 4.52. The summed E-state index contributed by atoms with van der Waals surface area (Å²) in [7, 11) is 4.37. The summed E-state index contributed by atoms with van der Waals surface area (Å²) in [4.78, 5) is 0. The SMILES string of the molecule is CCCCCCCCCCCc1cc2cc3c(ccc4c5cc6ccn(C)c6cc5ccc34)cc2n1C. The minimum Gasteiger partial charge on any atom is -0.351 e. The predicted molar refractivity (Wildman–Crippen MR) is 163 cm³/mol. The van der Waals surface area contributed by atoms with Crippen LogP contribution in [0.2, 0.25) is 0 Å². The lowest BCUT2D eigenvalue weighted by molar-refractivity contribution is 0.562. The van der Waals surface area contributed by atoms with E-state index in [0.29, 0.717) is 0 Å². The number of aryl methyl sites for hydroxylation is 3. The first-order chi connectivity index (χ1) is 18.1. The molecule has 0 saturated heterocycles. The molecule has 0 aliphatic heterocycles. The van der Waals surface area contributed by atoms with Gasteiger partial charge in [-0.25, -0.2) is 0 Å². The summed E-state index contributed by atoms with van der Waals surface area (Å²) in [6.45, 7) is 2.29. The third-order valence-corrected chi connectivity index (χ3v) is 8.64. The Morgan fingerprint density at radius 1 is 0.514 bits per heavy atom. The van der Waals surface area contributed by atoms with Crippen molar-refractivity contribution in [3.8, 4) is 0 Å². The molecule has 37 heavy (non-hydrogen) atoms. The molecule has 0 N–H and O–H groups in total. The molecule has 0 unspecified atom stereocenters. The Kier molecular flexibility index (Phi) is 6.67. The standard InChI is InChI=1S/C35H40N2/c1-4-5-6-7-8-9-10-11-12-13-29-20-28-22-33-26(24-35(28)37(29)3)15-17-30-31(33)16-14-25-23-34-27(21-32(25)30)18-19-36(34)2/h14-24H,4-13H2,1-3H3. The third-order valence-electron chi connectivity index (χ3n) is 8.64. The van der Waals surface area contributed by atoms with E-state index < -0.39 is 0 Å². The highest BCUT2D eigenvalue weighted by atomic mass is 14.9. The maximum Gasteiger partial charge on any atom is 0.0486 e. The molecule has 190 valence electrons. The molecule has 0 radical (unpaired) electrons. The second-order valence-corrected chi connectivity index (χ2v) is 11.2. The van der Waals surface area contributed by atoms with Gasteiger partial charge in [0.25, 0.3) is 0 Å². The first kappa shape index (κ1) is 24.1. The van der Waals surface area contributed by atoms with Gasteiger partial charge in [0.15, 0.2) is 0 Å². The van der Waals surface area contributed by atoms with E-state index in [-0.39, 0.29) is 0 Å². The van der Waals surface area contributed by atoms with Crippen LogP contribution < -0.4 is 0 Å². The Balaban J connectivity index is 1.26. The molecule has 0 amide bonds. The van der Waals surface area contributed by atoms with E-state index >= 15 is 0 Å². The molecular weight excluding hydrogens is 448 g/mol. The molecule has 2 aromatic heterocycles. The zero-order chi connectivity index (χ0) is 25.4. The Hall–Kier alpha value is -3.26. The minimum atomic E-state index is 1.18. The average Bonchev–Trinajstić information content (AvgIpc) is 3.43. The minimum absolute atomic E-state index is 1.18. The number of hydrogen-bond acceptors (Lipinski definition) is 0. The smallest absolute Gasteiger partial charge is 0.0486 e. The molecule has 6 aromatic rings. The summed E-state index contributed by atoms with van der Waals surface area (Å²) in [5, 5.41) is 10.7. The van der Waals surface area contributed by atoms with Crippen molar-refractivity contribution in [2.24, 2.45) is 14.1 Å². The molecule has 0 spiro atoms. The normalized spacial score (nSPS) is 12.2. The molecule has 2 heteroatoms. The number of benzene rings is 4. The highest BCUT2D eigenvalue weighted by Gasteiger charge is 2.11.